The zero-order valence-electron chi connectivity index (χ0n) is 28.3. The molecule has 0 amide bonds. The van der Waals surface area contributed by atoms with Gasteiger partial charge in [0.15, 0.2) is 0 Å². The van der Waals surface area contributed by atoms with Gasteiger partial charge in [-0.2, -0.15) is 0 Å². The topological polar surface area (TPSA) is 162 Å². The van der Waals surface area contributed by atoms with Gasteiger partial charge in [-0.25, -0.2) is 9.13 Å². The molecule has 266 valence electrons. The minimum Gasteiger partial charge on any atom is -0.759 e. The third-order valence-electron chi connectivity index (χ3n) is 7.08. The van der Waals surface area contributed by atoms with E-state index in [2.05, 4.69) is 91.4 Å². The van der Waals surface area contributed by atoms with Crippen molar-refractivity contribution in [3.63, 3.8) is 0 Å². The van der Waals surface area contributed by atoms with E-state index >= 15 is 0 Å². The summed E-state index contributed by atoms with van der Waals surface area (Å²) in [6, 6.07) is 16.4. The monoisotopic (exact) mass is 732 g/mol. The van der Waals surface area contributed by atoms with E-state index in [-0.39, 0.29) is 0 Å². The third-order valence-corrected chi connectivity index (χ3v) is 8.65. The summed E-state index contributed by atoms with van der Waals surface area (Å²) in [4.78, 5) is 4.59. The summed E-state index contributed by atoms with van der Waals surface area (Å²) in [6.07, 6.45) is 4.06. The van der Waals surface area contributed by atoms with Gasteiger partial charge in [-0.3, -0.25) is 8.42 Å². The molecule has 0 unspecified atom stereocenters. The zero-order chi connectivity index (χ0) is 35.5. The van der Waals surface area contributed by atoms with E-state index in [0.717, 1.165) is 72.3 Å². The highest BCUT2D eigenvalue weighted by atomic mass is 32.3. The van der Waals surface area contributed by atoms with E-state index < -0.39 is 10.4 Å². The maximum atomic E-state index is 8.52. The predicted molar refractivity (Wildman–Crippen MR) is 189 cm³/mol. The van der Waals surface area contributed by atoms with E-state index in [9.17, 15) is 0 Å². The molecule has 0 aliphatic carbocycles. The Hall–Kier alpha value is -3.71. The second-order valence-electron chi connectivity index (χ2n) is 10.2. The molecular formula is C32H44N8O6S3. The van der Waals surface area contributed by atoms with Gasteiger partial charge in [-0.15, -0.1) is 0 Å². The van der Waals surface area contributed by atoms with Crippen LogP contribution in [-0.2, 0) is 33.0 Å². The number of aromatic nitrogens is 2. The molecule has 14 nitrogen and oxygen atoms in total. The average molecular weight is 733 g/mol. The number of rotatable bonds is 19. The summed E-state index contributed by atoms with van der Waals surface area (Å²) < 4.78 is 50.0. The number of thiazole rings is 2. The molecule has 0 atom stereocenters. The minimum atomic E-state index is -5.17. The summed E-state index contributed by atoms with van der Waals surface area (Å²) in [6.45, 7) is 16.1. The molecule has 4 rings (SSSR count). The predicted octanol–water partition coefficient (Wildman–Crippen LogP) is 6.30. The quantitative estimate of drug-likeness (QED) is 0.0357. The van der Waals surface area contributed by atoms with E-state index in [1.54, 1.807) is 22.7 Å². The van der Waals surface area contributed by atoms with Crippen LogP contribution in [-0.4, -0.2) is 70.1 Å². The van der Waals surface area contributed by atoms with E-state index in [4.69, 9.17) is 27.0 Å². The number of hydrogen-bond donors (Lipinski definition) is 0. The lowest BCUT2D eigenvalue weighted by Crippen LogP contribution is -2.28. The van der Waals surface area contributed by atoms with Crippen LogP contribution in [0.1, 0.15) is 27.7 Å². The van der Waals surface area contributed by atoms with Gasteiger partial charge in [-0.1, -0.05) is 0 Å². The molecule has 0 spiro atoms. The normalized spacial score (nSPS) is 11.6. The molecule has 4 aromatic rings. The highest BCUT2D eigenvalue weighted by Crippen LogP contribution is 2.24. The van der Waals surface area contributed by atoms with Crippen molar-refractivity contribution in [2.75, 3.05) is 62.4 Å². The first-order valence-corrected chi connectivity index (χ1v) is 19.0. The molecule has 17 heteroatoms. The van der Waals surface area contributed by atoms with Gasteiger partial charge in [0, 0.05) is 58.7 Å². The Bertz CT molecular complexity index is 1560. The molecule has 0 saturated carbocycles. The maximum absolute atomic E-state index is 8.52. The largest absolute Gasteiger partial charge is 0.759 e. The number of nitrogens with zero attached hydrogens (tertiary/aromatic N) is 8. The van der Waals surface area contributed by atoms with Crippen LogP contribution in [0.4, 0.5) is 33.0 Å². The number of aryl methyl sites for hydroxylation is 2. The van der Waals surface area contributed by atoms with Gasteiger partial charge in [0.1, 0.15) is 23.8 Å². The number of anilines is 2. The Morgan fingerprint density at radius 1 is 0.633 bits per heavy atom. The van der Waals surface area contributed by atoms with Crippen LogP contribution in [0.2, 0.25) is 0 Å². The van der Waals surface area contributed by atoms with Crippen molar-refractivity contribution in [2.24, 2.45) is 20.5 Å². The van der Waals surface area contributed by atoms with Gasteiger partial charge in [-0.05, 0) is 109 Å². The lowest BCUT2D eigenvalue weighted by molar-refractivity contribution is -0.677. The minimum absolute atomic E-state index is 0.575. The van der Waals surface area contributed by atoms with Crippen molar-refractivity contribution in [2.45, 2.75) is 40.8 Å². The van der Waals surface area contributed by atoms with Crippen LogP contribution in [0.3, 0.4) is 0 Å². The van der Waals surface area contributed by atoms with Crippen molar-refractivity contribution in [1.82, 2.24) is 0 Å². The summed E-state index contributed by atoms with van der Waals surface area (Å²) in [5.74, 6) is 0. The summed E-state index contributed by atoms with van der Waals surface area (Å²) >= 11 is 3.18. The average Bonchev–Trinajstić information content (AvgIpc) is 3.76. The molecule has 0 bridgehead atoms. The molecule has 0 aliphatic rings. The van der Waals surface area contributed by atoms with Gasteiger partial charge in [0.25, 0.3) is 0 Å². The van der Waals surface area contributed by atoms with Crippen molar-refractivity contribution in [1.29, 1.82) is 0 Å². The summed E-state index contributed by atoms with van der Waals surface area (Å²) in [5.41, 5.74) is 3.98. The fourth-order valence-electron chi connectivity index (χ4n) is 4.51. The Kier molecular flexibility index (Phi) is 17.3. The number of hydrogen-bond acceptors (Lipinski definition) is 14. The van der Waals surface area contributed by atoms with Gasteiger partial charge in [0.2, 0.25) is 0 Å². The Balaban J connectivity index is 0.00000121. The zero-order valence-corrected chi connectivity index (χ0v) is 30.7. The fraction of sp³-hybridized carbons (Fsp3) is 0.438. The molecule has 0 N–H and O–H groups in total. The van der Waals surface area contributed by atoms with E-state index in [1.165, 1.54) is 0 Å². The first-order chi connectivity index (χ1) is 23.6. The van der Waals surface area contributed by atoms with Crippen molar-refractivity contribution in [3.8, 4) is 0 Å². The molecule has 49 heavy (non-hydrogen) atoms. The van der Waals surface area contributed by atoms with Gasteiger partial charge < -0.3 is 28.4 Å². The summed E-state index contributed by atoms with van der Waals surface area (Å²) in [5, 5.41) is 23.4. The lowest BCUT2D eigenvalue weighted by Gasteiger charge is -2.23. The Morgan fingerprint density at radius 2 is 1.00 bits per heavy atom. The van der Waals surface area contributed by atoms with Gasteiger partial charge in [0.05, 0.1) is 49.7 Å². The first kappa shape index (κ1) is 39.7. The van der Waals surface area contributed by atoms with Gasteiger partial charge >= 0.3 is 10.3 Å². The SMILES string of the molecule is CCN(CCOCCOCCN(CC)c1ccc(N=Nc2scc[n+]2CC)cc1)c1ccc(N=Nc2scc[n+]2CC)cc1.O=S(=O)([O-])[O-]. The van der Waals surface area contributed by atoms with Crippen LogP contribution in [0.15, 0.2) is 92.1 Å². The summed E-state index contributed by atoms with van der Waals surface area (Å²) in [7, 11) is -5.17. The number of benzene rings is 2. The Morgan fingerprint density at radius 3 is 1.33 bits per heavy atom. The molecule has 2 aromatic carbocycles. The van der Waals surface area contributed by atoms with Crippen LogP contribution in [0.5, 0.6) is 0 Å². The molecular weight excluding hydrogens is 689 g/mol. The molecule has 2 aromatic heterocycles. The smallest absolute Gasteiger partial charge is 0.408 e. The van der Waals surface area contributed by atoms with Crippen LogP contribution in [0.25, 0.3) is 0 Å². The highest BCUT2D eigenvalue weighted by molar-refractivity contribution is 7.79. The van der Waals surface area contributed by atoms with Crippen LogP contribution < -0.4 is 18.9 Å². The van der Waals surface area contributed by atoms with Crippen molar-refractivity contribution < 1.29 is 36.1 Å². The number of likely N-dealkylation sites (N-methyl/N-ethyl adjacent to an activating group) is 2. The van der Waals surface area contributed by atoms with Crippen molar-refractivity contribution in [3.05, 3.63) is 71.7 Å². The number of ether oxygens (including phenoxy) is 2. The second kappa shape index (κ2) is 21.4. The molecule has 0 fully saturated rings. The molecule has 0 radical (unpaired) electrons. The van der Waals surface area contributed by atoms with Crippen LogP contribution in [0, 0.1) is 0 Å². The third kappa shape index (κ3) is 14.7. The molecule has 0 aliphatic heterocycles. The molecule has 0 saturated heterocycles. The first-order valence-electron chi connectivity index (χ1n) is 15.9. The highest BCUT2D eigenvalue weighted by Gasteiger charge is 2.12. The van der Waals surface area contributed by atoms with Crippen LogP contribution >= 0.6 is 22.7 Å². The Labute approximate surface area is 296 Å². The fourth-order valence-corrected chi connectivity index (χ4v) is 5.99. The molecule has 2 heterocycles. The second-order valence-corrected chi connectivity index (χ2v) is 12.7. The van der Waals surface area contributed by atoms with E-state index in [0.29, 0.717) is 26.4 Å². The maximum Gasteiger partial charge on any atom is 0.408 e. The van der Waals surface area contributed by atoms with Crippen molar-refractivity contribution >= 4 is 66.1 Å². The standard InChI is InChI=1S/C32H44N8O2S2.H2O4S/c1-5-37(29-13-9-27(10-14-29)33-35-31-39(7-3)19-25-43-31)17-21-41-23-24-42-22-18-38(6-2)30-15-11-28(12-16-30)34-36-32-40(8-4)20-26-44-32;1-5(2,3)4/h9-16,19-20,25-26H,5-8,17-18,21-24H2,1-4H3;(H2,1,2,3,4)/q+2;/p-2. The lowest BCUT2D eigenvalue weighted by atomic mass is 10.2. The van der Waals surface area contributed by atoms with E-state index in [1.807, 2.05) is 47.4 Å². The number of azo groups is 2.